The molecule has 1 N–H and O–H groups in total. The Balaban J connectivity index is 1.70. The molecule has 2 heterocycles. The molecule has 9 heteroatoms. The number of nitrogens with zero attached hydrogens (tertiary/aromatic N) is 3. The summed E-state index contributed by atoms with van der Waals surface area (Å²) in [6.45, 7) is 5.78. The lowest BCUT2D eigenvalue weighted by Crippen LogP contribution is -2.15. The second-order valence-electron chi connectivity index (χ2n) is 7.76. The van der Waals surface area contributed by atoms with Crippen molar-refractivity contribution in [3.8, 4) is 12.1 Å². The van der Waals surface area contributed by atoms with E-state index in [0.717, 1.165) is 48.1 Å². The van der Waals surface area contributed by atoms with E-state index < -0.39 is 0 Å². The SMILES string of the molecule is CCOC(=O)CCc1c(C)nc(SCC(=O)Nc2sc3c(c2C#N)CCCC3)c(C#N)c1C. The van der Waals surface area contributed by atoms with Gasteiger partial charge in [-0.2, -0.15) is 10.5 Å². The van der Waals surface area contributed by atoms with Crippen molar-refractivity contribution in [3.63, 3.8) is 0 Å². The number of thioether (sulfide) groups is 1. The van der Waals surface area contributed by atoms with Crippen molar-refractivity contribution in [2.75, 3.05) is 17.7 Å². The molecule has 0 radical (unpaired) electrons. The maximum atomic E-state index is 12.6. The van der Waals surface area contributed by atoms with Gasteiger partial charge in [0, 0.05) is 17.0 Å². The van der Waals surface area contributed by atoms with Crippen molar-refractivity contribution in [2.45, 2.75) is 64.3 Å². The van der Waals surface area contributed by atoms with Gasteiger partial charge in [0.15, 0.2) is 0 Å². The van der Waals surface area contributed by atoms with Crippen LogP contribution >= 0.6 is 23.1 Å². The summed E-state index contributed by atoms with van der Waals surface area (Å²) in [7, 11) is 0. The molecule has 0 fully saturated rings. The molecular weight excluding hydrogens is 456 g/mol. The number of esters is 1. The summed E-state index contributed by atoms with van der Waals surface area (Å²) in [5, 5.41) is 23.3. The van der Waals surface area contributed by atoms with Crippen LogP contribution in [0.1, 0.15) is 64.6 Å². The number of rotatable bonds is 8. The van der Waals surface area contributed by atoms with Gasteiger partial charge in [-0.05, 0) is 69.6 Å². The lowest BCUT2D eigenvalue weighted by molar-refractivity contribution is -0.143. The second kappa shape index (κ2) is 11.3. The molecular formula is C24H26N4O3S2. The first-order chi connectivity index (χ1) is 15.9. The number of carbonyl (C=O) groups excluding carboxylic acids is 2. The number of pyridine rings is 1. The van der Waals surface area contributed by atoms with Crippen molar-refractivity contribution < 1.29 is 14.3 Å². The van der Waals surface area contributed by atoms with Crippen LogP contribution in [0.5, 0.6) is 0 Å². The average Bonchev–Trinajstić information content (AvgIpc) is 3.14. The number of hydrogen-bond acceptors (Lipinski definition) is 8. The van der Waals surface area contributed by atoms with E-state index in [1.165, 1.54) is 28.0 Å². The summed E-state index contributed by atoms with van der Waals surface area (Å²) >= 11 is 2.69. The summed E-state index contributed by atoms with van der Waals surface area (Å²) in [6, 6.07) is 4.45. The monoisotopic (exact) mass is 482 g/mol. The van der Waals surface area contributed by atoms with Crippen LogP contribution in [0.3, 0.4) is 0 Å². The third kappa shape index (κ3) is 5.73. The minimum Gasteiger partial charge on any atom is -0.466 e. The Bertz CT molecular complexity index is 1160. The smallest absolute Gasteiger partial charge is 0.306 e. The van der Waals surface area contributed by atoms with Gasteiger partial charge in [-0.25, -0.2) is 4.98 Å². The van der Waals surface area contributed by atoms with Crippen LogP contribution in [0, 0.1) is 36.5 Å². The molecule has 0 saturated carbocycles. The topological polar surface area (TPSA) is 116 Å². The summed E-state index contributed by atoms with van der Waals surface area (Å²) in [5.74, 6) is -0.435. The van der Waals surface area contributed by atoms with Crippen molar-refractivity contribution in [2.24, 2.45) is 0 Å². The van der Waals surface area contributed by atoms with Crippen LogP contribution in [0.25, 0.3) is 0 Å². The molecule has 1 aliphatic carbocycles. The summed E-state index contributed by atoms with van der Waals surface area (Å²) in [4.78, 5) is 30.1. The molecule has 0 atom stereocenters. The summed E-state index contributed by atoms with van der Waals surface area (Å²) in [5.41, 5.74) is 4.44. The number of aryl methyl sites for hydroxylation is 2. The molecule has 2 aromatic rings. The Kier molecular flexibility index (Phi) is 8.49. The molecule has 7 nitrogen and oxygen atoms in total. The molecule has 1 aliphatic rings. The molecule has 172 valence electrons. The normalized spacial score (nSPS) is 12.4. The Hall–Kier alpha value is -2.88. The first kappa shape index (κ1) is 24.8. The van der Waals surface area contributed by atoms with Crippen LogP contribution in [0.15, 0.2) is 5.03 Å². The number of carbonyl (C=O) groups is 2. The van der Waals surface area contributed by atoms with Gasteiger partial charge < -0.3 is 10.1 Å². The van der Waals surface area contributed by atoms with Crippen molar-refractivity contribution >= 4 is 40.0 Å². The molecule has 0 unspecified atom stereocenters. The zero-order valence-corrected chi connectivity index (χ0v) is 20.7. The Labute approximate surface area is 202 Å². The number of anilines is 1. The number of fused-ring (bicyclic) bond motifs is 1. The number of hydrogen-bond donors (Lipinski definition) is 1. The lowest BCUT2D eigenvalue weighted by atomic mass is 9.96. The largest absolute Gasteiger partial charge is 0.466 e. The van der Waals surface area contributed by atoms with E-state index in [-0.39, 0.29) is 24.1 Å². The van der Waals surface area contributed by atoms with E-state index in [1.807, 2.05) is 13.8 Å². The predicted molar refractivity (Wildman–Crippen MR) is 128 cm³/mol. The van der Waals surface area contributed by atoms with E-state index in [9.17, 15) is 20.1 Å². The van der Waals surface area contributed by atoms with Crippen molar-refractivity contribution in [3.05, 3.63) is 38.4 Å². The number of thiophene rings is 1. The van der Waals surface area contributed by atoms with E-state index in [4.69, 9.17) is 4.74 Å². The predicted octanol–water partition coefficient (Wildman–Crippen LogP) is 4.61. The third-order valence-electron chi connectivity index (χ3n) is 5.62. The van der Waals surface area contributed by atoms with Crippen molar-refractivity contribution in [1.82, 2.24) is 4.98 Å². The van der Waals surface area contributed by atoms with Gasteiger partial charge in [-0.1, -0.05) is 11.8 Å². The summed E-state index contributed by atoms with van der Waals surface area (Å²) in [6.07, 6.45) is 4.69. The van der Waals surface area contributed by atoms with Gasteiger partial charge >= 0.3 is 5.97 Å². The molecule has 0 bridgehead atoms. The van der Waals surface area contributed by atoms with Gasteiger partial charge in [0.1, 0.15) is 22.2 Å². The Morgan fingerprint density at radius 2 is 1.91 bits per heavy atom. The molecule has 0 aliphatic heterocycles. The van der Waals surface area contributed by atoms with E-state index in [2.05, 4.69) is 22.4 Å². The molecule has 0 spiro atoms. The Morgan fingerprint density at radius 3 is 2.61 bits per heavy atom. The molecule has 1 amide bonds. The van der Waals surface area contributed by atoms with Crippen molar-refractivity contribution in [1.29, 1.82) is 10.5 Å². The fourth-order valence-electron chi connectivity index (χ4n) is 3.99. The zero-order valence-electron chi connectivity index (χ0n) is 19.0. The van der Waals surface area contributed by atoms with Crippen LogP contribution in [0.4, 0.5) is 5.00 Å². The highest BCUT2D eigenvalue weighted by molar-refractivity contribution is 8.00. The highest BCUT2D eigenvalue weighted by atomic mass is 32.2. The Morgan fingerprint density at radius 1 is 1.18 bits per heavy atom. The van der Waals surface area contributed by atoms with Crippen LogP contribution < -0.4 is 5.32 Å². The van der Waals surface area contributed by atoms with Gasteiger partial charge in [0.05, 0.1) is 23.5 Å². The van der Waals surface area contributed by atoms with Crippen LogP contribution in [0.2, 0.25) is 0 Å². The first-order valence-corrected chi connectivity index (χ1v) is 12.7. The average molecular weight is 483 g/mol. The van der Waals surface area contributed by atoms with E-state index >= 15 is 0 Å². The number of nitrogens with one attached hydrogen (secondary N) is 1. The fraction of sp³-hybridized carbons (Fsp3) is 0.458. The van der Waals surface area contributed by atoms with Gasteiger partial charge in [0.2, 0.25) is 5.91 Å². The highest BCUT2D eigenvalue weighted by Gasteiger charge is 2.22. The molecule has 0 saturated heterocycles. The lowest BCUT2D eigenvalue weighted by Gasteiger charge is -2.14. The molecule has 2 aromatic heterocycles. The van der Waals surface area contributed by atoms with Gasteiger partial charge in [-0.15, -0.1) is 11.3 Å². The molecule has 3 rings (SSSR count). The summed E-state index contributed by atoms with van der Waals surface area (Å²) < 4.78 is 4.99. The zero-order chi connectivity index (χ0) is 24.0. The van der Waals surface area contributed by atoms with E-state index in [1.54, 1.807) is 6.92 Å². The van der Waals surface area contributed by atoms with E-state index in [0.29, 0.717) is 34.2 Å². The second-order valence-corrected chi connectivity index (χ2v) is 9.83. The van der Waals surface area contributed by atoms with Crippen LogP contribution in [-0.2, 0) is 33.6 Å². The number of ether oxygens (including phenoxy) is 1. The van der Waals surface area contributed by atoms with Gasteiger partial charge in [0.25, 0.3) is 0 Å². The quantitative estimate of drug-likeness (QED) is 0.431. The third-order valence-corrected chi connectivity index (χ3v) is 7.80. The van der Waals surface area contributed by atoms with Gasteiger partial charge in [-0.3, -0.25) is 9.59 Å². The maximum Gasteiger partial charge on any atom is 0.306 e. The minimum atomic E-state index is -0.281. The number of amides is 1. The molecule has 0 aromatic carbocycles. The maximum absolute atomic E-state index is 12.6. The number of aromatic nitrogens is 1. The molecule has 33 heavy (non-hydrogen) atoms. The van der Waals surface area contributed by atoms with Crippen LogP contribution in [-0.4, -0.2) is 29.2 Å². The highest BCUT2D eigenvalue weighted by Crippen LogP contribution is 2.37. The first-order valence-electron chi connectivity index (χ1n) is 10.9. The minimum absolute atomic E-state index is 0.0795. The standard InChI is InChI=1S/C24H26N4O3S2/c1-4-31-22(30)10-9-16-14(2)18(11-25)23(27-15(16)3)32-13-21(29)28-24-19(12-26)17-7-5-6-8-20(17)33-24/h4-10,13H2,1-3H3,(H,28,29). The fourth-order valence-corrected chi connectivity index (χ4v) is 6.13. The number of nitriles is 2.